The van der Waals surface area contributed by atoms with E-state index >= 15 is 0 Å². The van der Waals surface area contributed by atoms with Crippen LogP contribution in [0.2, 0.25) is 0 Å². The monoisotopic (exact) mass is 481 g/mol. The van der Waals surface area contributed by atoms with E-state index in [1.54, 1.807) is 12.1 Å². The predicted molar refractivity (Wildman–Crippen MR) is 101 cm³/mol. The van der Waals surface area contributed by atoms with Gasteiger partial charge in [-0.1, -0.05) is 28.1 Å². The molecule has 0 aromatic heterocycles. The van der Waals surface area contributed by atoms with E-state index in [4.69, 9.17) is 10.3 Å². The lowest BCUT2D eigenvalue weighted by atomic mass is 10.1. The zero-order valence-electron chi connectivity index (χ0n) is 14.3. The summed E-state index contributed by atoms with van der Waals surface area (Å²) in [7, 11) is -4.25. The quantitative estimate of drug-likeness (QED) is 0.633. The summed E-state index contributed by atoms with van der Waals surface area (Å²) >= 11 is 3.29. The third-order valence-corrected chi connectivity index (χ3v) is 3.97. The molecule has 6 nitrogen and oxygen atoms in total. The van der Waals surface area contributed by atoms with Crippen LogP contribution in [0.25, 0.3) is 6.08 Å². The van der Waals surface area contributed by atoms with Crippen LogP contribution in [0, 0.1) is 6.92 Å². The third kappa shape index (κ3) is 9.53. The van der Waals surface area contributed by atoms with Gasteiger partial charge >= 0.3 is 6.36 Å². The van der Waals surface area contributed by atoms with Crippen molar-refractivity contribution >= 4 is 38.0 Å². The number of carbonyl (C=O) groups is 1. The summed E-state index contributed by atoms with van der Waals surface area (Å²) in [6, 6.07) is 9.84. The number of hydrogen-bond donors (Lipinski definition) is 2. The number of carbonyl (C=O) groups excluding carboxylic acids is 1. The zero-order valence-corrected chi connectivity index (χ0v) is 16.7. The lowest BCUT2D eigenvalue weighted by Gasteiger charge is -2.08. The number of nitrogens with two attached hydrogens (primary N) is 1. The third-order valence-electron chi connectivity index (χ3n) is 3.00. The molecule has 0 heterocycles. The maximum Gasteiger partial charge on any atom is 0.573 e. The van der Waals surface area contributed by atoms with E-state index in [1.165, 1.54) is 12.1 Å². The smallest absolute Gasteiger partial charge is 0.406 e. The Morgan fingerprint density at radius 3 is 2.18 bits per heavy atom. The van der Waals surface area contributed by atoms with Crippen molar-refractivity contribution < 1.29 is 35.7 Å². The first-order chi connectivity index (χ1) is 12.8. The van der Waals surface area contributed by atoms with Gasteiger partial charge in [-0.05, 0) is 54.5 Å². The minimum absolute atomic E-state index is 0.303. The van der Waals surface area contributed by atoms with E-state index in [2.05, 4.69) is 20.7 Å². The number of aryl methyl sites for hydroxylation is 1. The Bertz CT molecular complexity index is 958. The number of ether oxygens (including phenoxy) is 1. The van der Waals surface area contributed by atoms with Gasteiger partial charge in [0.1, 0.15) is 5.75 Å². The molecule has 0 saturated carbocycles. The number of hydrogen-bond acceptors (Lipinski definition) is 4. The average Bonchev–Trinajstić information content (AvgIpc) is 2.52. The van der Waals surface area contributed by atoms with Crippen LogP contribution >= 0.6 is 15.9 Å². The van der Waals surface area contributed by atoms with Crippen LogP contribution in [0.4, 0.5) is 13.2 Å². The summed E-state index contributed by atoms with van der Waals surface area (Å²) in [5.74, 6) is -0.795. The summed E-state index contributed by atoms with van der Waals surface area (Å²) in [4.78, 5) is 10.7. The van der Waals surface area contributed by atoms with Crippen molar-refractivity contribution in [3.63, 3.8) is 0 Å². The standard InChI is InChI=1S/C9H7F3O4S.C8H8BrNO/c10-9(11,12)16-8-3-1-7(2-4-8)5-6-17(13,14)15;1-5-4-6(9)2-3-7(5)8(10)11/h1-6H,(H,13,14,15);2-4H,1H3,(H2,10,11)/b6-5+;. The molecule has 11 heteroatoms. The second-order valence-corrected chi connectivity index (χ2v) is 7.48. The van der Waals surface area contributed by atoms with Crippen LogP contribution in [0.15, 0.2) is 52.3 Å². The molecular formula is C17H15BrF3NO5S. The molecule has 0 radical (unpaired) electrons. The first-order valence-electron chi connectivity index (χ1n) is 7.34. The first kappa shape index (κ1) is 23.7. The van der Waals surface area contributed by atoms with Crippen LogP contribution < -0.4 is 10.5 Å². The fourth-order valence-corrected chi connectivity index (χ4v) is 2.65. The number of benzene rings is 2. The SMILES string of the molecule is Cc1cc(Br)ccc1C(N)=O.O=S(=O)(O)/C=C/c1ccc(OC(F)(F)F)cc1. The summed E-state index contributed by atoms with van der Waals surface area (Å²) in [6.07, 6.45) is -3.74. The van der Waals surface area contributed by atoms with Gasteiger partial charge in [-0.15, -0.1) is 13.2 Å². The Morgan fingerprint density at radius 2 is 1.75 bits per heavy atom. The Hall–Kier alpha value is -2.37. The minimum atomic E-state index is -4.77. The molecule has 0 bridgehead atoms. The van der Waals surface area contributed by atoms with E-state index in [1.807, 2.05) is 13.0 Å². The summed E-state index contributed by atoms with van der Waals surface area (Å²) in [5.41, 5.74) is 6.89. The van der Waals surface area contributed by atoms with Crippen molar-refractivity contribution in [1.82, 2.24) is 0 Å². The molecule has 0 aliphatic carbocycles. The fourth-order valence-electron chi connectivity index (χ4n) is 1.85. The Kier molecular flexibility index (Phi) is 8.21. The number of primary amides is 1. The van der Waals surface area contributed by atoms with Gasteiger partial charge in [0.15, 0.2) is 0 Å². The van der Waals surface area contributed by atoms with E-state index < -0.39 is 22.2 Å². The highest BCUT2D eigenvalue weighted by Crippen LogP contribution is 2.23. The van der Waals surface area contributed by atoms with E-state index in [-0.39, 0.29) is 5.91 Å². The molecule has 28 heavy (non-hydrogen) atoms. The van der Waals surface area contributed by atoms with Gasteiger partial charge in [-0.25, -0.2) is 0 Å². The largest absolute Gasteiger partial charge is 0.573 e. The Morgan fingerprint density at radius 1 is 1.18 bits per heavy atom. The van der Waals surface area contributed by atoms with Gasteiger partial charge in [0.2, 0.25) is 5.91 Å². The molecule has 2 aromatic carbocycles. The molecule has 152 valence electrons. The van der Waals surface area contributed by atoms with Gasteiger partial charge in [-0.2, -0.15) is 8.42 Å². The van der Waals surface area contributed by atoms with E-state index in [0.717, 1.165) is 28.2 Å². The van der Waals surface area contributed by atoms with Gasteiger partial charge in [0.25, 0.3) is 10.1 Å². The lowest BCUT2D eigenvalue weighted by molar-refractivity contribution is -0.274. The maximum absolute atomic E-state index is 11.8. The zero-order chi connectivity index (χ0) is 21.5. The predicted octanol–water partition coefficient (Wildman–Crippen LogP) is 4.30. The van der Waals surface area contributed by atoms with Gasteiger partial charge in [0, 0.05) is 10.0 Å². The van der Waals surface area contributed by atoms with Crippen molar-refractivity contribution in [1.29, 1.82) is 0 Å². The van der Waals surface area contributed by atoms with Gasteiger partial charge in [0.05, 0.1) is 5.41 Å². The molecule has 3 N–H and O–H groups in total. The fraction of sp³-hybridized carbons (Fsp3) is 0.118. The van der Waals surface area contributed by atoms with Gasteiger partial charge < -0.3 is 10.5 Å². The Labute approximate surface area is 167 Å². The van der Waals surface area contributed by atoms with E-state index in [0.29, 0.717) is 16.5 Å². The first-order valence-corrected chi connectivity index (χ1v) is 9.64. The molecule has 1 amide bonds. The summed E-state index contributed by atoms with van der Waals surface area (Å²) in [6.45, 7) is 1.85. The topological polar surface area (TPSA) is 107 Å². The second kappa shape index (κ2) is 9.71. The van der Waals surface area contributed by atoms with Crippen LogP contribution in [-0.4, -0.2) is 25.2 Å². The van der Waals surface area contributed by atoms with Crippen LogP contribution in [0.1, 0.15) is 21.5 Å². The van der Waals surface area contributed by atoms with Crippen LogP contribution in [-0.2, 0) is 10.1 Å². The van der Waals surface area contributed by atoms with Crippen LogP contribution in [0.3, 0.4) is 0 Å². The Balaban J connectivity index is 0.000000307. The number of halogens is 4. The summed E-state index contributed by atoms with van der Waals surface area (Å²) < 4.78 is 69.1. The molecule has 0 aliphatic rings. The van der Waals surface area contributed by atoms with Crippen molar-refractivity contribution in [2.75, 3.05) is 0 Å². The molecule has 2 aromatic rings. The number of rotatable bonds is 4. The average molecular weight is 482 g/mol. The highest BCUT2D eigenvalue weighted by atomic mass is 79.9. The molecule has 0 unspecified atom stereocenters. The molecule has 0 fully saturated rings. The van der Waals surface area contributed by atoms with Crippen molar-refractivity contribution in [3.8, 4) is 5.75 Å². The molecule has 0 saturated heterocycles. The second-order valence-electron chi connectivity index (χ2n) is 5.26. The number of amides is 1. The maximum atomic E-state index is 11.8. The van der Waals surface area contributed by atoms with Crippen LogP contribution in [0.5, 0.6) is 5.75 Å². The summed E-state index contributed by atoms with van der Waals surface area (Å²) in [5, 5.41) is 0.520. The lowest BCUT2D eigenvalue weighted by Crippen LogP contribution is -2.16. The van der Waals surface area contributed by atoms with Crippen molar-refractivity contribution in [2.45, 2.75) is 13.3 Å². The minimum Gasteiger partial charge on any atom is -0.406 e. The van der Waals surface area contributed by atoms with Crippen molar-refractivity contribution in [3.05, 3.63) is 69.0 Å². The molecule has 0 atom stereocenters. The molecule has 0 spiro atoms. The highest BCUT2D eigenvalue weighted by Gasteiger charge is 2.30. The number of alkyl halides is 3. The molecule has 2 rings (SSSR count). The molecular weight excluding hydrogens is 467 g/mol. The van der Waals surface area contributed by atoms with Crippen molar-refractivity contribution in [2.24, 2.45) is 5.73 Å². The van der Waals surface area contributed by atoms with E-state index in [9.17, 15) is 26.4 Å². The highest BCUT2D eigenvalue weighted by molar-refractivity contribution is 9.10. The normalized spacial score (nSPS) is 11.6. The molecule has 0 aliphatic heterocycles. The van der Waals surface area contributed by atoms with Gasteiger partial charge in [-0.3, -0.25) is 9.35 Å².